The molecule has 0 fully saturated rings. The van der Waals surface area contributed by atoms with Gasteiger partial charge in [0.05, 0.1) is 9.82 Å². The SMILES string of the molecule is CCC(c1ccc(S(C)(=O)=O)cc1[N+](=O)[O-])C(C)Br. The van der Waals surface area contributed by atoms with Crippen molar-refractivity contribution in [3.63, 3.8) is 0 Å². The first kappa shape index (κ1) is 16.1. The standard InChI is InChI=1S/C12H16BrNO4S/c1-4-10(8(2)13)11-6-5-9(19(3,17)18)7-12(11)14(15)16/h5-8,10H,4H2,1-3H3. The zero-order chi connectivity index (χ0) is 14.8. The summed E-state index contributed by atoms with van der Waals surface area (Å²) in [4.78, 5) is 10.7. The van der Waals surface area contributed by atoms with E-state index in [1.54, 1.807) is 6.07 Å². The summed E-state index contributed by atoms with van der Waals surface area (Å²) < 4.78 is 22.9. The molecular formula is C12H16BrNO4S. The van der Waals surface area contributed by atoms with Crippen LogP contribution >= 0.6 is 15.9 Å². The third-order valence-corrected chi connectivity index (χ3v) is 4.77. The molecule has 0 aliphatic rings. The van der Waals surface area contributed by atoms with Gasteiger partial charge in [-0.05, 0) is 12.5 Å². The second-order valence-electron chi connectivity index (χ2n) is 4.44. The molecule has 0 radical (unpaired) electrons. The summed E-state index contributed by atoms with van der Waals surface area (Å²) in [5.74, 6) is -0.0333. The minimum Gasteiger partial charge on any atom is -0.258 e. The molecular weight excluding hydrogens is 334 g/mol. The third kappa shape index (κ3) is 3.76. The summed E-state index contributed by atoms with van der Waals surface area (Å²) in [7, 11) is -3.44. The van der Waals surface area contributed by atoms with Crippen LogP contribution in [0.25, 0.3) is 0 Å². The van der Waals surface area contributed by atoms with Crippen LogP contribution in [0.1, 0.15) is 31.7 Å². The van der Waals surface area contributed by atoms with E-state index >= 15 is 0 Å². The minimum atomic E-state index is -3.44. The Balaban J connectivity index is 3.46. The van der Waals surface area contributed by atoms with Crippen LogP contribution in [0.3, 0.4) is 0 Å². The van der Waals surface area contributed by atoms with Gasteiger partial charge in [0.1, 0.15) is 0 Å². The molecule has 7 heteroatoms. The average molecular weight is 350 g/mol. The zero-order valence-electron chi connectivity index (χ0n) is 11.0. The van der Waals surface area contributed by atoms with Gasteiger partial charge in [-0.3, -0.25) is 10.1 Å². The highest BCUT2D eigenvalue weighted by atomic mass is 79.9. The van der Waals surface area contributed by atoms with Gasteiger partial charge in [0.15, 0.2) is 9.84 Å². The van der Waals surface area contributed by atoms with E-state index in [-0.39, 0.29) is 21.3 Å². The van der Waals surface area contributed by atoms with Crippen molar-refractivity contribution in [3.05, 3.63) is 33.9 Å². The summed E-state index contributed by atoms with van der Waals surface area (Å²) in [5, 5.41) is 11.1. The molecule has 5 nitrogen and oxygen atoms in total. The van der Waals surface area contributed by atoms with E-state index in [9.17, 15) is 18.5 Å². The van der Waals surface area contributed by atoms with Gasteiger partial charge in [0.2, 0.25) is 0 Å². The highest BCUT2D eigenvalue weighted by Crippen LogP contribution is 2.35. The number of rotatable bonds is 5. The van der Waals surface area contributed by atoms with Crippen molar-refractivity contribution in [1.82, 2.24) is 0 Å². The van der Waals surface area contributed by atoms with Gasteiger partial charge >= 0.3 is 0 Å². The lowest BCUT2D eigenvalue weighted by Crippen LogP contribution is -2.11. The van der Waals surface area contributed by atoms with E-state index in [1.165, 1.54) is 6.07 Å². The Morgan fingerprint density at radius 2 is 2.00 bits per heavy atom. The molecule has 0 bridgehead atoms. The summed E-state index contributed by atoms with van der Waals surface area (Å²) in [6.07, 6.45) is 1.77. The maximum absolute atomic E-state index is 11.5. The minimum absolute atomic E-state index is 0.0278. The first-order valence-electron chi connectivity index (χ1n) is 5.81. The van der Waals surface area contributed by atoms with Gasteiger partial charge in [-0.1, -0.05) is 35.8 Å². The fraction of sp³-hybridized carbons (Fsp3) is 0.500. The molecule has 0 aliphatic carbocycles. The van der Waals surface area contributed by atoms with Crippen molar-refractivity contribution in [2.24, 2.45) is 0 Å². The summed E-state index contributed by atoms with van der Waals surface area (Å²) in [5.41, 5.74) is 0.422. The molecule has 0 aromatic heterocycles. The molecule has 1 rings (SSSR count). The monoisotopic (exact) mass is 349 g/mol. The Morgan fingerprint density at radius 3 is 2.37 bits per heavy atom. The van der Waals surface area contributed by atoms with Gasteiger partial charge in [-0.2, -0.15) is 0 Å². The average Bonchev–Trinajstić information content (AvgIpc) is 2.28. The van der Waals surface area contributed by atoms with Gasteiger partial charge in [-0.15, -0.1) is 0 Å². The predicted octanol–water partition coefficient (Wildman–Crippen LogP) is 3.28. The zero-order valence-corrected chi connectivity index (χ0v) is 13.4. The van der Waals surface area contributed by atoms with Gasteiger partial charge in [0.25, 0.3) is 5.69 Å². The molecule has 0 saturated heterocycles. The van der Waals surface area contributed by atoms with Crippen molar-refractivity contribution in [2.75, 3.05) is 6.26 Å². The highest BCUT2D eigenvalue weighted by Gasteiger charge is 2.26. The van der Waals surface area contributed by atoms with E-state index in [0.29, 0.717) is 5.56 Å². The lowest BCUT2D eigenvalue weighted by atomic mass is 9.92. The highest BCUT2D eigenvalue weighted by molar-refractivity contribution is 9.09. The number of hydrogen-bond acceptors (Lipinski definition) is 4. The topological polar surface area (TPSA) is 77.3 Å². The molecule has 2 atom stereocenters. The van der Waals surface area contributed by atoms with Crippen LogP contribution in [-0.2, 0) is 9.84 Å². The molecule has 2 unspecified atom stereocenters. The van der Waals surface area contributed by atoms with Crippen LogP contribution in [-0.4, -0.2) is 24.4 Å². The fourth-order valence-corrected chi connectivity index (χ4v) is 3.32. The summed E-state index contributed by atoms with van der Waals surface area (Å²) >= 11 is 3.44. The Kier molecular flexibility index (Phi) is 5.09. The van der Waals surface area contributed by atoms with E-state index in [1.807, 2.05) is 13.8 Å². The Morgan fingerprint density at radius 1 is 1.42 bits per heavy atom. The molecule has 106 valence electrons. The van der Waals surface area contributed by atoms with Crippen molar-refractivity contribution in [2.45, 2.75) is 35.9 Å². The number of nitrogens with zero attached hydrogens (tertiary/aromatic N) is 1. The van der Waals surface area contributed by atoms with Gasteiger partial charge < -0.3 is 0 Å². The number of alkyl halides is 1. The van der Waals surface area contributed by atoms with E-state index in [0.717, 1.165) is 18.7 Å². The van der Waals surface area contributed by atoms with Crippen LogP contribution in [0.4, 0.5) is 5.69 Å². The van der Waals surface area contributed by atoms with Crippen LogP contribution in [0.2, 0.25) is 0 Å². The Bertz CT molecular complexity index is 583. The maximum atomic E-state index is 11.5. The maximum Gasteiger partial charge on any atom is 0.274 e. The van der Waals surface area contributed by atoms with E-state index in [2.05, 4.69) is 15.9 Å². The van der Waals surface area contributed by atoms with E-state index in [4.69, 9.17) is 0 Å². The molecule has 1 aromatic carbocycles. The Hall–Kier alpha value is -0.950. The first-order valence-corrected chi connectivity index (χ1v) is 8.61. The number of halogens is 1. The fourth-order valence-electron chi connectivity index (χ4n) is 2.02. The van der Waals surface area contributed by atoms with Crippen molar-refractivity contribution < 1.29 is 13.3 Å². The quantitative estimate of drug-likeness (QED) is 0.464. The molecule has 0 amide bonds. The second kappa shape index (κ2) is 6.00. The number of sulfone groups is 1. The Labute approximate surface area is 121 Å². The van der Waals surface area contributed by atoms with Gasteiger partial charge in [-0.25, -0.2) is 8.42 Å². The summed E-state index contributed by atoms with van der Waals surface area (Å²) in [6, 6.07) is 4.11. The smallest absolute Gasteiger partial charge is 0.258 e. The van der Waals surface area contributed by atoms with Crippen LogP contribution in [0, 0.1) is 10.1 Å². The molecule has 0 spiro atoms. The van der Waals surface area contributed by atoms with Crippen molar-refractivity contribution in [3.8, 4) is 0 Å². The lowest BCUT2D eigenvalue weighted by Gasteiger charge is -2.18. The second-order valence-corrected chi connectivity index (χ2v) is 7.90. The molecule has 1 aromatic rings. The van der Waals surface area contributed by atoms with Crippen LogP contribution < -0.4 is 0 Å². The normalized spacial score (nSPS) is 14.9. The van der Waals surface area contributed by atoms with Crippen LogP contribution in [0.15, 0.2) is 23.1 Å². The molecule has 0 heterocycles. The summed E-state index contributed by atoms with van der Waals surface area (Å²) in [6.45, 7) is 3.86. The van der Waals surface area contributed by atoms with Crippen molar-refractivity contribution in [1.29, 1.82) is 0 Å². The van der Waals surface area contributed by atoms with Crippen LogP contribution in [0.5, 0.6) is 0 Å². The van der Waals surface area contributed by atoms with Crippen molar-refractivity contribution >= 4 is 31.5 Å². The van der Waals surface area contributed by atoms with Gasteiger partial charge in [0, 0.05) is 28.6 Å². The molecule has 0 aliphatic heterocycles. The number of benzene rings is 1. The first-order chi connectivity index (χ1) is 8.68. The lowest BCUT2D eigenvalue weighted by molar-refractivity contribution is -0.386. The molecule has 19 heavy (non-hydrogen) atoms. The number of nitro groups is 1. The molecule has 0 N–H and O–H groups in total. The third-order valence-electron chi connectivity index (χ3n) is 3.02. The largest absolute Gasteiger partial charge is 0.274 e. The number of nitro benzene ring substituents is 1. The van der Waals surface area contributed by atoms with E-state index < -0.39 is 14.8 Å². The predicted molar refractivity (Wildman–Crippen MR) is 77.6 cm³/mol. The molecule has 0 saturated carbocycles. The number of hydrogen-bond donors (Lipinski definition) is 0.